The lowest BCUT2D eigenvalue weighted by Gasteiger charge is -2.17. The highest BCUT2D eigenvalue weighted by Crippen LogP contribution is 2.18. The maximum absolute atomic E-state index is 12.7. The van der Waals surface area contributed by atoms with Crippen molar-refractivity contribution >= 4 is 46.4 Å². The highest BCUT2D eigenvalue weighted by atomic mass is 16.2. The largest absolute Gasteiger partial charge is 0.370 e. The zero-order valence-corrected chi connectivity index (χ0v) is 26.9. The van der Waals surface area contributed by atoms with Crippen LogP contribution in [0.25, 0.3) is 10.9 Å². The molecule has 2 rings (SSSR count). The Balaban J connectivity index is 1.49. The van der Waals surface area contributed by atoms with E-state index in [1.807, 2.05) is 24.3 Å². The zero-order chi connectivity index (χ0) is 34.4. The maximum atomic E-state index is 12.7. The van der Waals surface area contributed by atoms with Crippen LogP contribution in [0.3, 0.4) is 0 Å². The average Bonchev–Trinajstić information content (AvgIpc) is 3.43. The minimum Gasteiger partial charge on any atom is -0.370 e. The third-order valence-corrected chi connectivity index (χ3v) is 7.22. The second kappa shape index (κ2) is 21.9. The van der Waals surface area contributed by atoms with Crippen LogP contribution < -0.4 is 49.5 Å². The van der Waals surface area contributed by atoms with Gasteiger partial charge in [-0.3, -0.25) is 29.0 Å². The molecule has 16 heteroatoms. The maximum Gasteiger partial charge on any atom is 0.243 e. The second-order valence-electron chi connectivity index (χ2n) is 11.2. The molecule has 14 N–H and O–H groups in total. The fraction of sp³-hybridized carbons (Fsp3) is 0.548. The number of H-pyrrole nitrogens is 1. The summed E-state index contributed by atoms with van der Waals surface area (Å²) in [7, 11) is 0. The number of rotatable bonds is 24. The summed E-state index contributed by atoms with van der Waals surface area (Å²) in [4.78, 5) is 67.9. The second-order valence-corrected chi connectivity index (χ2v) is 11.2. The summed E-state index contributed by atoms with van der Waals surface area (Å²) in [5.41, 5.74) is 23.4. The van der Waals surface area contributed by atoms with Gasteiger partial charge in [0, 0.05) is 56.2 Å². The first kappa shape index (κ1) is 38.5. The molecule has 1 aromatic heterocycles. The van der Waals surface area contributed by atoms with E-state index in [-0.39, 0.29) is 36.5 Å². The number of aliphatic imine (C=N–C) groups is 1. The lowest BCUT2D eigenvalue weighted by atomic mass is 10.1. The van der Waals surface area contributed by atoms with Gasteiger partial charge in [-0.1, -0.05) is 18.2 Å². The van der Waals surface area contributed by atoms with Crippen molar-refractivity contribution in [2.75, 3.05) is 39.3 Å². The number of nitrogens with one attached hydrogen (secondary N) is 6. The van der Waals surface area contributed by atoms with E-state index >= 15 is 0 Å². The van der Waals surface area contributed by atoms with Crippen LogP contribution >= 0.6 is 0 Å². The summed E-state index contributed by atoms with van der Waals surface area (Å²) in [6.07, 6.45) is 5.78. The molecule has 260 valence electrons. The molecule has 0 fully saturated rings. The van der Waals surface area contributed by atoms with Crippen molar-refractivity contribution in [1.29, 1.82) is 0 Å². The summed E-state index contributed by atoms with van der Waals surface area (Å²) in [5, 5.41) is 15.1. The van der Waals surface area contributed by atoms with E-state index in [1.165, 1.54) is 0 Å². The first-order valence-corrected chi connectivity index (χ1v) is 16.0. The third-order valence-electron chi connectivity index (χ3n) is 7.22. The molecule has 0 aliphatic carbocycles. The number of hydrogen-bond donors (Lipinski definition) is 10. The molecule has 1 heterocycles. The lowest BCUT2D eigenvalue weighted by Crippen LogP contribution is -2.49. The van der Waals surface area contributed by atoms with Crippen molar-refractivity contribution in [3.05, 3.63) is 36.0 Å². The van der Waals surface area contributed by atoms with Gasteiger partial charge in [0.1, 0.15) is 6.04 Å². The standard InChI is InChI=1S/C31H51N11O5/c32-23(9-6-15-40-31(34)35)29(46)38-16-7-12-36-17-11-27(44)37-13-4-1-5-14-39-30(47)25(19-26(33)43)42-28(45)18-21-20-41-24-10-3-2-8-22(21)24/h2-3,8,10,20,23,25,36,41H,1,4-7,9,11-19,32H2,(H2,33,43)(H,37,44)(H,38,46)(H,39,47)(H,42,45)(H4,34,35,40)/t23-,25-/m0/s1. The number of hydrogen-bond acceptors (Lipinski definition) is 8. The summed E-state index contributed by atoms with van der Waals surface area (Å²) in [6, 6.07) is 5.91. The van der Waals surface area contributed by atoms with Crippen molar-refractivity contribution in [2.24, 2.45) is 27.9 Å². The molecule has 2 aromatic rings. The number of benzene rings is 1. The Kier molecular flexibility index (Phi) is 18.0. The molecule has 0 spiro atoms. The normalized spacial score (nSPS) is 12.1. The Morgan fingerprint density at radius 2 is 1.49 bits per heavy atom. The van der Waals surface area contributed by atoms with Crippen molar-refractivity contribution < 1.29 is 24.0 Å². The number of unbranched alkanes of at least 4 members (excludes halogenated alkanes) is 2. The number of nitrogens with zero attached hydrogens (tertiary/aromatic N) is 1. The number of guanidine groups is 1. The van der Waals surface area contributed by atoms with Gasteiger partial charge in [0.2, 0.25) is 29.5 Å². The summed E-state index contributed by atoms with van der Waals surface area (Å²) < 4.78 is 0. The van der Waals surface area contributed by atoms with Crippen molar-refractivity contribution in [3.63, 3.8) is 0 Å². The zero-order valence-electron chi connectivity index (χ0n) is 26.9. The van der Waals surface area contributed by atoms with E-state index in [0.717, 1.165) is 29.3 Å². The quantitative estimate of drug-likeness (QED) is 0.0351. The SMILES string of the molecule is NC(=O)C[C@H](NC(=O)Cc1c[nH]c2ccccc12)C(=O)NCCCCCNC(=O)CCNCCCNC(=O)[C@@H](N)CCCN=C(N)N. The number of aromatic amines is 1. The predicted molar refractivity (Wildman–Crippen MR) is 181 cm³/mol. The van der Waals surface area contributed by atoms with E-state index in [2.05, 4.69) is 36.6 Å². The smallest absolute Gasteiger partial charge is 0.243 e. The van der Waals surface area contributed by atoms with Gasteiger partial charge in [-0.15, -0.1) is 0 Å². The van der Waals surface area contributed by atoms with Gasteiger partial charge < -0.3 is 54.5 Å². The van der Waals surface area contributed by atoms with Gasteiger partial charge in [0.25, 0.3) is 0 Å². The van der Waals surface area contributed by atoms with Gasteiger partial charge in [-0.05, 0) is 56.7 Å². The first-order valence-electron chi connectivity index (χ1n) is 16.0. The van der Waals surface area contributed by atoms with Crippen LogP contribution in [0, 0.1) is 0 Å². The van der Waals surface area contributed by atoms with Gasteiger partial charge >= 0.3 is 0 Å². The van der Waals surface area contributed by atoms with Crippen molar-refractivity contribution in [3.8, 4) is 0 Å². The Labute approximate surface area is 275 Å². The number of amides is 5. The molecule has 2 atom stereocenters. The topological polar surface area (TPSA) is 278 Å². The molecule has 0 saturated carbocycles. The van der Waals surface area contributed by atoms with Crippen LogP contribution in [-0.4, -0.2) is 91.8 Å². The van der Waals surface area contributed by atoms with Crippen LogP contribution in [0.1, 0.15) is 56.9 Å². The summed E-state index contributed by atoms with van der Waals surface area (Å²) in [6.45, 7) is 2.94. The summed E-state index contributed by atoms with van der Waals surface area (Å²) in [5.74, 6) is -1.82. The first-order chi connectivity index (χ1) is 22.6. The van der Waals surface area contributed by atoms with E-state index in [0.29, 0.717) is 71.4 Å². The molecule has 0 radical (unpaired) electrons. The average molecular weight is 658 g/mol. The molecule has 1 aromatic carbocycles. The molecule has 5 amide bonds. The fourth-order valence-electron chi connectivity index (χ4n) is 4.72. The number of primary amides is 1. The highest BCUT2D eigenvalue weighted by Gasteiger charge is 2.23. The van der Waals surface area contributed by atoms with Gasteiger partial charge in [0.05, 0.1) is 18.9 Å². The van der Waals surface area contributed by atoms with Gasteiger partial charge in [-0.2, -0.15) is 0 Å². The number of aromatic nitrogens is 1. The van der Waals surface area contributed by atoms with Crippen LogP contribution in [0.2, 0.25) is 0 Å². The molecule has 0 aliphatic heterocycles. The Morgan fingerprint density at radius 1 is 0.787 bits per heavy atom. The Hall–Kier alpha value is -4.70. The fourth-order valence-corrected chi connectivity index (χ4v) is 4.72. The lowest BCUT2D eigenvalue weighted by molar-refractivity contribution is -0.131. The highest BCUT2D eigenvalue weighted by molar-refractivity contribution is 5.94. The van der Waals surface area contributed by atoms with E-state index in [1.54, 1.807) is 6.20 Å². The molecule has 0 bridgehead atoms. The van der Waals surface area contributed by atoms with Gasteiger partial charge in [-0.25, -0.2) is 0 Å². The van der Waals surface area contributed by atoms with E-state index in [9.17, 15) is 24.0 Å². The summed E-state index contributed by atoms with van der Waals surface area (Å²) >= 11 is 0. The predicted octanol–water partition coefficient (Wildman–Crippen LogP) is -1.66. The Morgan fingerprint density at radius 3 is 2.23 bits per heavy atom. The molecular formula is C31H51N11O5. The van der Waals surface area contributed by atoms with E-state index < -0.39 is 23.9 Å². The molecule has 0 aliphatic rings. The third kappa shape index (κ3) is 16.4. The van der Waals surface area contributed by atoms with Crippen LogP contribution in [0.5, 0.6) is 0 Å². The molecule has 16 nitrogen and oxygen atoms in total. The van der Waals surface area contributed by atoms with Crippen LogP contribution in [0.15, 0.2) is 35.5 Å². The number of carbonyl (C=O) groups excluding carboxylic acids is 5. The molecule has 0 unspecified atom stereocenters. The Bertz CT molecular complexity index is 1330. The number of fused-ring (bicyclic) bond motifs is 1. The minimum absolute atomic E-state index is 0.0152. The molecular weight excluding hydrogens is 606 g/mol. The molecule has 0 saturated heterocycles. The van der Waals surface area contributed by atoms with Crippen LogP contribution in [-0.2, 0) is 30.4 Å². The number of nitrogens with two attached hydrogens (primary N) is 4. The van der Waals surface area contributed by atoms with Crippen LogP contribution in [0.4, 0.5) is 0 Å². The van der Waals surface area contributed by atoms with Crippen molar-refractivity contribution in [1.82, 2.24) is 31.6 Å². The minimum atomic E-state index is -1.06. The monoisotopic (exact) mass is 657 g/mol. The van der Waals surface area contributed by atoms with E-state index in [4.69, 9.17) is 22.9 Å². The van der Waals surface area contributed by atoms with Gasteiger partial charge in [0.15, 0.2) is 5.96 Å². The molecule has 47 heavy (non-hydrogen) atoms. The number of para-hydroxylation sites is 1. The van der Waals surface area contributed by atoms with Crippen molar-refractivity contribution in [2.45, 2.75) is 69.9 Å². The number of carbonyl (C=O) groups is 5.